The fraction of sp³-hybridized carbons (Fsp3) is 0.125. The van der Waals surface area contributed by atoms with Crippen LogP contribution in [0.2, 0.25) is 0 Å². The van der Waals surface area contributed by atoms with Crippen molar-refractivity contribution in [2.75, 3.05) is 11.1 Å². The van der Waals surface area contributed by atoms with Crippen molar-refractivity contribution in [1.82, 2.24) is 0 Å². The van der Waals surface area contributed by atoms with Crippen molar-refractivity contribution in [3.8, 4) is 0 Å². The number of rotatable bonds is 2. The minimum atomic E-state index is -0.340. The van der Waals surface area contributed by atoms with Gasteiger partial charge in [-0.1, -0.05) is 18.2 Å². The number of anilines is 2. The maximum Gasteiger partial charge on any atom is 0.237 e. The van der Waals surface area contributed by atoms with E-state index in [1.54, 1.807) is 18.3 Å². The number of amides is 1. The van der Waals surface area contributed by atoms with Gasteiger partial charge in [-0.3, -0.25) is 9.79 Å². The second-order valence-electron chi connectivity index (χ2n) is 4.88. The van der Waals surface area contributed by atoms with Gasteiger partial charge < -0.3 is 11.1 Å². The van der Waals surface area contributed by atoms with Crippen molar-refractivity contribution >= 4 is 29.2 Å². The van der Waals surface area contributed by atoms with Crippen LogP contribution in [-0.2, 0) is 4.79 Å². The monoisotopic (exact) mass is 265 g/mol. The highest BCUT2D eigenvalue weighted by Gasteiger charge is 2.30. The van der Waals surface area contributed by atoms with Gasteiger partial charge in [0.05, 0.1) is 5.69 Å². The van der Waals surface area contributed by atoms with E-state index in [4.69, 9.17) is 5.73 Å². The number of nitrogens with two attached hydrogens (primary N) is 1. The molecule has 100 valence electrons. The summed E-state index contributed by atoms with van der Waals surface area (Å²) in [4.78, 5) is 16.4. The number of hydrogen-bond acceptors (Lipinski definition) is 3. The van der Waals surface area contributed by atoms with Crippen LogP contribution in [0.5, 0.6) is 0 Å². The highest BCUT2D eigenvalue weighted by molar-refractivity contribution is 6.13. The minimum absolute atomic E-state index is 0.0399. The normalized spacial score (nSPS) is 17.2. The summed E-state index contributed by atoms with van der Waals surface area (Å²) in [5, 5.41) is 2.88. The van der Waals surface area contributed by atoms with E-state index in [9.17, 15) is 4.79 Å². The average Bonchev–Trinajstić information content (AvgIpc) is 2.74. The van der Waals surface area contributed by atoms with Gasteiger partial charge in [-0.05, 0) is 42.3 Å². The van der Waals surface area contributed by atoms with Gasteiger partial charge in [0.1, 0.15) is 5.92 Å². The van der Waals surface area contributed by atoms with Crippen LogP contribution in [0.1, 0.15) is 17.0 Å². The third-order valence-electron chi connectivity index (χ3n) is 3.42. The molecule has 4 heteroatoms. The largest absolute Gasteiger partial charge is 0.399 e. The van der Waals surface area contributed by atoms with Crippen LogP contribution in [-0.4, -0.2) is 12.1 Å². The Morgan fingerprint density at radius 3 is 2.85 bits per heavy atom. The van der Waals surface area contributed by atoms with E-state index >= 15 is 0 Å². The molecule has 1 atom stereocenters. The van der Waals surface area contributed by atoms with Crippen LogP contribution in [0.4, 0.5) is 17.1 Å². The number of nitrogen functional groups attached to an aromatic ring is 1. The summed E-state index contributed by atoms with van der Waals surface area (Å²) in [5.41, 5.74) is 10.1. The first-order valence-electron chi connectivity index (χ1n) is 6.45. The Morgan fingerprint density at radius 1 is 1.25 bits per heavy atom. The number of nitrogens with zero attached hydrogens (tertiary/aromatic N) is 1. The van der Waals surface area contributed by atoms with Gasteiger partial charge in [-0.25, -0.2) is 0 Å². The molecule has 0 fully saturated rings. The lowest BCUT2D eigenvalue weighted by Crippen LogP contribution is -2.13. The Balaban J connectivity index is 1.94. The first-order chi connectivity index (χ1) is 9.65. The highest BCUT2D eigenvalue weighted by Crippen LogP contribution is 2.34. The topological polar surface area (TPSA) is 67.5 Å². The van der Waals surface area contributed by atoms with Gasteiger partial charge in [-0.2, -0.15) is 0 Å². The molecule has 20 heavy (non-hydrogen) atoms. The zero-order valence-corrected chi connectivity index (χ0v) is 11.1. The maximum atomic E-state index is 12.0. The van der Waals surface area contributed by atoms with E-state index in [0.29, 0.717) is 5.69 Å². The first-order valence-corrected chi connectivity index (χ1v) is 6.45. The van der Waals surface area contributed by atoms with Gasteiger partial charge in [-0.15, -0.1) is 0 Å². The second kappa shape index (κ2) is 4.81. The van der Waals surface area contributed by atoms with Crippen molar-refractivity contribution in [3.63, 3.8) is 0 Å². The summed E-state index contributed by atoms with van der Waals surface area (Å²) in [5.74, 6) is -0.380. The van der Waals surface area contributed by atoms with Crippen LogP contribution in [0.3, 0.4) is 0 Å². The minimum Gasteiger partial charge on any atom is -0.399 e. The first kappa shape index (κ1) is 12.4. The Morgan fingerprint density at radius 2 is 2.05 bits per heavy atom. The van der Waals surface area contributed by atoms with Crippen molar-refractivity contribution in [1.29, 1.82) is 0 Å². The van der Waals surface area contributed by atoms with E-state index in [0.717, 1.165) is 22.5 Å². The predicted molar refractivity (Wildman–Crippen MR) is 81.6 cm³/mol. The molecule has 0 saturated heterocycles. The summed E-state index contributed by atoms with van der Waals surface area (Å²) in [7, 11) is 0. The molecule has 1 aliphatic heterocycles. The number of benzene rings is 2. The van der Waals surface area contributed by atoms with Crippen LogP contribution in [0, 0.1) is 6.92 Å². The van der Waals surface area contributed by atoms with E-state index in [-0.39, 0.29) is 11.8 Å². The van der Waals surface area contributed by atoms with Crippen molar-refractivity contribution < 1.29 is 4.79 Å². The third-order valence-corrected chi connectivity index (χ3v) is 3.42. The molecule has 1 amide bonds. The predicted octanol–water partition coefficient (Wildman–Crippen LogP) is 3.02. The number of hydrogen-bond donors (Lipinski definition) is 2. The summed E-state index contributed by atoms with van der Waals surface area (Å²) >= 11 is 0. The quantitative estimate of drug-likeness (QED) is 0.647. The van der Waals surface area contributed by atoms with E-state index in [1.165, 1.54) is 0 Å². The van der Waals surface area contributed by atoms with Crippen LogP contribution in [0.25, 0.3) is 0 Å². The molecule has 3 N–H and O–H groups in total. The Hall–Kier alpha value is -2.62. The van der Waals surface area contributed by atoms with Gasteiger partial charge in [0.15, 0.2) is 0 Å². The van der Waals surface area contributed by atoms with E-state index in [1.807, 2.05) is 37.3 Å². The Labute approximate surface area is 117 Å². The molecule has 1 heterocycles. The van der Waals surface area contributed by atoms with E-state index < -0.39 is 0 Å². The van der Waals surface area contributed by atoms with Crippen LogP contribution < -0.4 is 11.1 Å². The number of nitrogens with one attached hydrogen (secondary N) is 1. The summed E-state index contributed by atoms with van der Waals surface area (Å²) < 4.78 is 0. The molecule has 0 saturated carbocycles. The Kier molecular flexibility index (Phi) is 2.99. The molecule has 1 unspecified atom stereocenters. The molecule has 0 aliphatic carbocycles. The molecule has 0 radical (unpaired) electrons. The standard InChI is InChI=1S/C16H15N3O/c1-10-4-2-7-14-15(10)13(16(20)19-14)9-18-12-6-3-5-11(17)8-12/h2-9,13H,17H2,1H3,(H,19,20). The second-order valence-corrected chi connectivity index (χ2v) is 4.88. The number of carbonyl (C=O) groups excluding carboxylic acids is 1. The molecule has 0 spiro atoms. The lowest BCUT2D eigenvalue weighted by Gasteiger charge is -2.06. The molecule has 0 bridgehead atoms. The maximum absolute atomic E-state index is 12.0. The van der Waals surface area contributed by atoms with Crippen LogP contribution >= 0.6 is 0 Å². The molecule has 2 aromatic rings. The molecule has 3 rings (SSSR count). The number of aliphatic imine (C=N–C) groups is 1. The van der Waals surface area contributed by atoms with Crippen molar-refractivity contribution in [2.24, 2.45) is 4.99 Å². The van der Waals surface area contributed by atoms with Gasteiger partial charge in [0.2, 0.25) is 5.91 Å². The van der Waals surface area contributed by atoms with Crippen molar-refractivity contribution in [2.45, 2.75) is 12.8 Å². The molecule has 4 nitrogen and oxygen atoms in total. The number of aryl methyl sites for hydroxylation is 1. The van der Waals surface area contributed by atoms with Crippen LogP contribution in [0.15, 0.2) is 47.5 Å². The highest BCUT2D eigenvalue weighted by atomic mass is 16.2. The molecule has 0 aromatic heterocycles. The number of carbonyl (C=O) groups is 1. The lowest BCUT2D eigenvalue weighted by molar-refractivity contribution is -0.115. The molecule has 2 aromatic carbocycles. The van der Waals surface area contributed by atoms with E-state index in [2.05, 4.69) is 10.3 Å². The van der Waals surface area contributed by atoms with Gasteiger partial charge in [0, 0.05) is 17.6 Å². The fourth-order valence-corrected chi connectivity index (χ4v) is 2.45. The zero-order valence-electron chi connectivity index (χ0n) is 11.1. The molecule has 1 aliphatic rings. The number of fused-ring (bicyclic) bond motifs is 1. The average molecular weight is 265 g/mol. The van der Waals surface area contributed by atoms with Gasteiger partial charge in [0.25, 0.3) is 0 Å². The Bertz CT molecular complexity index is 707. The molecular weight excluding hydrogens is 250 g/mol. The third kappa shape index (κ3) is 2.16. The zero-order chi connectivity index (χ0) is 14.1. The smallest absolute Gasteiger partial charge is 0.237 e. The van der Waals surface area contributed by atoms with Gasteiger partial charge >= 0.3 is 0 Å². The fourth-order valence-electron chi connectivity index (χ4n) is 2.45. The summed E-state index contributed by atoms with van der Waals surface area (Å²) in [6.45, 7) is 2.00. The SMILES string of the molecule is Cc1cccc2c1C(C=Nc1cccc(N)c1)C(=O)N2. The van der Waals surface area contributed by atoms with Crippen molar-refractivity contribution in [3.05, 3.63) is 53.6 Å². The molecular formula is C16H15N3O. The lowest BCUT2D eigenvalue weighted by atomic mass is 9.97. The summed E-state index contributed by atoms with van der Waals surface area (Å²) in [6.07, 6.45) is 1.68. The summed E-state index contributed by atoms with van der Waals surface area (Å²) in [6, 6.07) is 13.1.